The number of alkyl halides is 4. The molecular weight excluding hydrogens is 602 g/mol. The van der Waals surface area contributed by atoms with Gasteiger partial charge < -0.3 is 5.32 Å². The minimum absolute atomic E-state index is 0.0486. The molecule has 1 N–H and O–H groups in total. The summed E-state index contributed by atoms with van der Waals surface area (Å²) < 4.78 is 55.6. The van der Waals surface area contributed by atoms with Gasteiger partial charge in [0.2, 0.25) is 0 Å². The first-order valence-corrected chi connectivity index (χ1v) is 13.6. The van der Waals surface area contributed by atoms with Gasteiger partial charge in [-0.15, -0.1) is 16.7 Å². The lowest BCUT2D eigenvalue weighted by Crippen LogP contribution is -2.48. The van der Waals surface area contributed by atoms with Crippen LogP contribution in [-0.2, 0) is 12.7 Å². The van der Waals surface area contributed by atoms with E-state index in [0.29, 0.717) is 22.8 Å². The number of carbonyl (C=O) groups excluding carboxylic acids is 2. The number of nitriles is 1. The monoisotopic (exact) mass is 627 g/mol. The van der Waals surface area contributed by atoms with Gasteiger partial charge in [-0.25, -0.2) is 9.18 Å². The van der Waals surface area contributed by atoms with Crippen molar-refractivity contribution in [2.45, 2.75) is 44.4 Å². The maximum atomic E-state index is 14.8. The average molecular weight is 628 g/mol. The molecule has 1 aromatic heterocycles. The number of anilines is 1. The minimum Gasteiger partial charge on any atom is -0.318 e. The summed E-state index contributed by atoms with van der Waals surface area (Å²) in [6.07, 6.45) is -6.07. The fourth-order valence-corrected chi connectivity index (χ4v) is 4.40. The first-order chi connectivity index (χ1) is 20.7. The first kappa shape index (κ1) is 32.0. The van der Waals surface area contributed by atoms with Crippen LogP contribution in [0.4, 0.5) is 28.0 Å². The maximum absolute atomic E-state index is 14.8. The van der Waals surface area contributed by atoms with E-state index in [-0.39, 0.29) is 11.4 Å². The van der Waals surface area contributed by atoms with Gasteiger partial charge in [0.1, 0.15) is 5.82 Å². The average Bonchev–Trinajstić information content (AvgIpc) is 3.41. The van der Waals surface area contributed by atoms with E-state index in [2.05, 4.69) is 10.4 Å². The minimum atomic E-state index is -4.99. The smallest absolute Gasteiger partial charge is 0.318 e. The Balaban J connectivity index is 1.63. The Morgan fingerprint density at radius 1 is 1.02 bits per heavy atom. The Morgan fingerprint density at radius 2 is 1.70 bits per heavy atom. The van der Waals surface area contributed by atoms with Crippen LogP contribution in [-0.4, -0.2) is 32.4 Å². The van der Waals surface area contributed by atoms with Gasteiger partial charge in [-0.2, -0.15) is 18.4 Å². The highest BCUT2D eigenvalue weighted by molar-refractivity contribution is 6.22. The molecule has 0 aliphatic carbocycles. The third kappa shape index (κ3) is 7.54. The van der Waals surface area contributed by atoms with Gasteiger partial charge in [-0.1, -0.05) is 53.4 Å². The second kappa shape index (κ2) is 12.8. The van der Waals surface area contributed by atoms with Crippen LogP contribution in [0.2, 0.25) is 0 Å². The third-order valence-electron chi connectivity index (χ3n) is 6.42. The van der Waals surface area contributed by atoms with Crippen LogP contribution in [0.25, 0.3) is 0 Å². The van der Waals surface area contributed by atoms with Gasteiger partial charge in [-0.3, -0.25) is 14.5 Å². The van der Waals surface area contributed by atoms with Crippen molar-refractivity contribution in [3.63, 3.8) is 0 Å². The Bertz CT molecular complexity index is 1710. The summed E-state index contributed by atoms with van der Waals surface area (Å²) in [6.45, 7) is 5.15. The summed E-state index contributed by atoms with van der Waals surface area (Å²) in [6, 6.07) is 21.2. The molecule has 2 amide bonds. The number of hydrogen-bond acceptors (Lipinski definition) is 5. The number of hydrogen-bond donors (Lipinski definition) is 1. The summed E-state index contributed by atoms with van der Waals surface area (Å²) in [5.74, 6) is -2.14. The number of nitrogens with one attached hydrogen (secondary N) is 1. The van der Waals surface area contributed by atoms with E-state index >= 15 is 0 Å². The zero-order chi connectivity index (χ0) is 32.2. The fourth-order valence-electron chi connectivity index (χ4n) is 4.13. The maximum Gasteiger partial charge on any atom is 0.436 e. The van der Waals surface area contributed by atoms with Crippen molar-refractivity contribution in [2.75, 3.05) is 5.32 Å². The van der Waals surface area contributed by atoms with E-state index in [1.165, 1.54) is 17.0 Å². The molecule has 1 atom stereocenters. The highest BCUT2D eigenvalue weighted by Crippen LogP contribution is 2.33. The van der Waals surface area contributed by atoms with Crippen LogP contribution in [0.15, 0.2) is 78.9 Å². The molecule has 4 rings (SSSR count). The molecule has 3 aromatic carbocycles. The first-order valence-electron chi connectivity index (χ1n) is 13.1. The van der Waals surface area contributed by atoms with Crippen molar-refractivity contribution in [1.82, 2.24) is 14.8 Å². The Morgan fingerprint density at radius 3 is 2.34 bits per heavy atom. The van der Waals surface area contributed by atoms with Gasteiger partial charge in [0.05, 0.1) is 22.7 Å². The van der Waals surface area contributed by atoms with Crippen LogP contribution < -0.4 is 10.2 Å². The number of amides is 2. The third-order valence-corrected chi connectivity index (χ3v) is 6.92. The largest absolute Gasteiger partial charge is 0.436 e. The number of halogens is 5. The van der Waals surface area contributed by atoms with Gasteiger partial charge >= 0.3 is 12.3 Å². The quantitative estimate of drug-likeness (QED) is 0.171. The predicted molar refractivity (Wildman–Crippen MR) is 154 cm³/mol. The van der Waals surface area contributed by atoms with Gasteiger partial charge in [0, 0.05) is 18.2 Å². The SMILES string of the molecule is CC(C)(C)N(Cc1ccccc1)C(=O)On1nc(C(F)(F)F)cc1C(=O)Nc1cc(C(Cl)c2cccc(C#N)c2)ccc1F. The van der Waals surface area contributed by atoms with Crippen LogP contribution in [0.1, 0.15) is 64.6 Å². The number of aromatic nitrogens is 2. The van der Waals surface area contributed by atoms with Crippen LogP contribution in [0.3, 0.4) is 0 Å². The summed E-state index contributed by atoms with van der Waals surface area (Å²) in [7, 11) is 0. The number of rotatable bonds is 7. The summed E-state index contributed by atoms with van der Waals surface area (Å²) in [4.78, 5) is 33.1. The molecule has 0 radical (unpaired) electrons. The fraction of sp³-hybridized carbons (Fsp3) is 0.226. The molecule has 0 spiro atoms. The van der Waals surface area contributed by atoms with Crippen molar-refractivity contribution in [2.24, 2.45) is 0 Å². The number of nitrogens with zero attached hydrogens (tertiary/aromatic N) is 4. The lowest BCUT2D eigenvalue weighted by molar-refractivity contribution is -0.142. The molecule has 8 nitrogen and oxygen atoms in total. The molecule has 44 heavy (non-hydrogen) atoms. The normalized spacial score (nSPS) is 12.2. The van der Waals surface area contributed by atoms with Crippen molar-refractivity contribution in [3.8, 4) is 6.07 Å². The molecule has 1 heterocycles. The Hall–Kier alpha value is -4.89. The molecule has 0 saturated heterocycles. The van der Waals surface area contributed by atoms with Crippen LogP contribution in [0.5, 0.6) is 0 Å². The molecule has 13 heteroatoms. The number of carbonyl (C=O) groups is 2. The zero-order valence-electron chi connectivity index (χ0n) is 23.7. The molecule has 228 valence electrons. The lowest BCUT2D eigenvalue weighted by atomic mass is 10.0. The topological polar surface area (TPSA) is 100 Å². The Labute approximate surface area is 255 Å². The van der Waals surface area contributed by atoms with E-state index in [1.54, 1.807) is 75.4 Å². The summed E-state index contributed by atoms with van der Waals surface area (Å²) in [5.41, 5.74) is -1.64. The zero-order valence-corrected chi connectivity index (χ0v) is 24.4. The number of benzene rings is 3. The van der Waals surface area contributed by atoms with E-state index in [0.717, 1.165) is 11.6 Å². The Kier molecular flexibility index (Phi) is 9.30. The highest BCUT2D eigenvalue weighted by atomic mass is 35.5. The standard InChI is InChI=1S/C31H26ClF4N5O3/c1-30(2,3)40(18-19-8-5-4-6-9-19)29(43)44-41-25(16-26(39-41)31(34,35)36)28(42)38-24-15-22(12-13-23(24)33)27(32)21-11-7-10-20(14-21)17-37/h4-16,27H,18H2,1-3H3,(H,38,42). The van der Waals surface area contributed by atoms with Crippen molar-refractivity contribution in [3.05, 3.63) is 118 Å². The predicted octanol–water partition coefficient (Wildman–Crippen LogP) is 7.34. The molecular formula is C31H26ClF4N5O3. The van der Waals surface area contributed by atoms with Crippen molar-refractivity contribution >= 4 is 29.3 Å². The molecule has 1 unspecified atom stereocenters. The lowest BCUT2D eigenvalue weighted by Gasteiger charge is -2.34. The summed E-state index contributed by atoms with van der Waals surface area (Å²) in [5, 5.41) is 13.8. The molecule has 0 aliphatic heterocycles. The molecule has 0 bridgehead atoms. The molecule has 4 aromatic rings. The van der Waals surface area contributed by atoms with Crippen molar-refractivity contribution < 1.29 is 32.0 Å². The molecule has 0 fully saturated rings. The van der Waals surface area contributed by atoms with E-state index in [9.17, 15) is 27.2 Å². The van der Waals surface area contributed by atoms with E-state index in [1.807, 2.05) is 6.07 Å². The van der Waals surface area contributed by atoms with Gasteiger partial charge in [-0.05, 0) is 61.7 Å². The van der Waals surface area contributed by atoms with Crippen LogP contribution in [0, 0.1) is 17.1 Å². The molecule has 0 aliphatic rings. The van der Waals surface area contributed by atoms with E-state index < -0.39 is 52.0 Å². The summed E-state index contributed by atoms with van der Waals surface area (Å²) >= 11 is 6.55. The second-order valence-electron chi connectivity index (χ2n) is 10.7. The van der Waals surface area contributed by atoms with Crippen molar-refractivity contribution in [1.29, 1.82) is 5.26 Å². The van der Waals surface area contributed by atoms with Crippen LogP contribution >= 0.6 is 11.6 Å². The molecule has 0 saturated carbocycles. The van der Waals surface area contributed by atoms with E-state index in [4.69, 9.17) is 21.7 Å². The van der Waals surface area contributed by atoms with Gasteiger partial charge in [0.15, 0.2) is 11.4 Å². The second-order valence-corrected chi connectivity index (χ2v) is 11.1. The van der Waals surface area contributed by atoms with Gasteiger partial charge in [0.25, 0.3) is 5.91 Å². The highest BCUT2D eigenvalue weighted by Gasteiger charge is 2.38.